The largest absolute Gasteiger partial charge is 0.384 e. The SMILES string of the molecule is CCc1cc(C(=O)NCC2CCC(=O)N2)cc(N)n1. The van der Waals surface area contributed by atoms with Gasteiger partial charge in [0.25, 0.3) is 5.91 Å². The fourth-order valence-corrected chi connectivity index (χ4v) is 2.07. The molecule has 1 aliphatic heterocycles. The van der Waals surface area contributed by atoms with Gasteiger partial charge in [-0.3, -0.25) is 9.59 Å². The first kappa shape index (κ1) is 13.3. The van der Waals surface area contributed by atoms with E-state index >= 15 is 0 Å². The summed E-state index contributed by atoms with van der Waals surface area (Å²) in [5, 5.41) is 5.61. The second kappa shape index (κ2) is 5.69. The van der Waals surface area contributed by atoms with Crippen LogP contribution in [0.2, 0.25) is 0 Å². The average Bonchev–Trinajstić information content (AvgIpc) is 2.81. The highest BCUT2D eigenvalue weighted by Crippen LogP contribution is 2.09. The number of amides is 2. The Kier molecular flexibility index (Phi) is 3.99. The van der Waals surface area contributed by atoms with Crippen molar-refractivity contribution in [3.63, 3.8) is 0 Å². The lowest BCUT2D eigenvalue weighted by atomic mass is 10.1. The molecular weight excluding hydrogens is 244 g/mol. The van der Waals surface area contributed by atoms with Gasteiger partial charge in [-0.2, -0.15) is 0 Å². The molecule has 2 rings (SSSR count). The maximum atomic E-state index is 12.0. The van der Waals surface area contributed by atoms with Gasteiger partial charge in [-0.15, -0.1) is 0 Å². The second-order valence-electron chi connectivity index (χ2n) is 4.64. The fourth-order valence-electron chi connectivity index (χ4n) is 2.07. The van der Waals surface area contributed by atoms with Crippen LogP contribution in [-0.2, 0) is 11.2 Å². The van der Waals surface area contributed by atoms with Crippen LogP contribution in [-0.4, -0.2) is 29.4 Å². The molecule has 0 spiro atoms. The van der Waals surface area contributed by atoms with E-state index < -0.39 is 0 Å². The van der Waals surface area contributed by atoms with Gasteiger partial charge >= 0.3 is 0 Å². The van der Waals surface area contributed by atoms with E-state index in [0.717, 1.165) is 18.5 Å². The van der Waals surface area contributed by atoms with Gasteiger partial charge in [0.15, 0.2) is 0 Å². The molecular formula is C13H18N4O2. The van der Waals surface area contributed by atoms with Crippen molar-refractivity contribution in [1.29, 1.82) is 0 Å². The normalized spacial score (nSPS) is 18.2. The Morgan fingerprint density at radius 1 is 1.58 bits per heavy atom. The van der Waals surface area contributed by atoms with Crippen LogP contribution in [0.3, 0.4) is 0 Å². The van der Waals surface area contributed by atoms with Crippen LogP contribution >= 0.6 is 0 Å². The molecule has 4 N–H and O–H groups in total. The first-order valence-corrected chi connectivity index (χ1v) is 6.42. The molecule has 1 unspecified atom stereocenters. The van der Waals surface area contributed by atoms with Gasteiger partial charge in [0.2, 0.25) is 5.91 Å². The lowest BCUT2D eigenvalue weighted by Crippen LogP contribution is -2.38. The molecule has 1 atom stereocenters. The molecule has 1 aliphatic rings. The van der Waals surface area contributed by atoms with Gasteiger partial charge in [0.1, 0.15) is 5.82 Å². The van der Waals surface area contributed by atoms with Crippen molar-refractivity contribution in [2.45, 2.75) is 32.2 Å². The number of hydrogen-bond donors (Lipinski definition) is 3. The van der Waals surface area contributed by atoms with E-state index in [-0.39, 0.29) is 17.9 Å². The first-order chi connectivity index (χ1) is 9.08. The van der Waals surface area contributed by atoms with Crippen LogP contribution in [0.15, 0.2) is 12.1 Å². The molecule has 1 aromatic heterocycles. The summed E-state index contributed by atoms with van der Waals surface area (Å²) in [5.74, 6) is 0.198. The molecule has 0 aromatic carbocycles. The number of anilines is 1. The molecule has 0 saturated carbocycles. The molecule has 2 amide bonds. The van der Waals surface area contributed by atoms with Crippen LogP contribution in [0.1, 0.15) is 35.8 Å². The minimum atomic E-state index is -0.190. The molecule has 1 aromatic rings. The molecule has 102 valence electrons. The fraction of sp³-hybridized carbons (Fsp3) is 0.462. The summed E-state index contributed by atoms with van der Waals surface area (Å²) in [4.78, 5) is 27.2. The number of hydrogen-bond acceptors (Lipinski definition) is 4. The van der Waals surface area contributed by atoms with Crippen molar-refractivity contribution >= 4 is 17.6 Å². The first-order valence-electron chi connectivity index (χ1n) is 6.42. The molecule has 1 saturated heterocycles. The standard InChI is InChI=1S/C13H18N4O2/c1-2-9-5-8(6-11(14)16-9)13(19)15-7-10-3-4-12(18)17-10/h5-6,10H,2-4,7H2,1H3,(H2,14,16)(H,15,19)(H,17,18). The number of nitrogens with zero attached hydrogens (tertiary/aromatic N) is 1. The third kappa shape index (κ3) is 3.43. The number of carbonyl (C=O) groups is 2. The molecule has 0 bridgehead atoms. The Hall–Kier alpha value is -2.11. The third-order valence-electron chi connectivity index (χ3n) is 3.12. The Balaban J connectivity index is 1.96. The molecule has 0 aliphatic carbocycles. The highest BCUT2D eigenvalue weighted by atomic mass is 16.2. The predicted octanol–water partition coefficient (Wildman–Crippen LogP) is 0.235. The molecule has 6 heteroatoms. The lowest BCUT2D eigenvalue weighted by molar-refractivity contribution is -0.119. The van der Waals surface area contributed by atoms with Gasteiger partial charge in [-0.25, -0.2) is 4.98 Å². The van der Waals surface area contributed by atoms with E-state index in [2.05, 4.69) is 15.6 Å². The zero-order valence-electron chi connectivity index (χ0n) is 10.9. The van der Waals surface area contributed by atoms with E-state index in [4.69, 9.17) is 5.73 Å². The van der Waals surface area contributed by atoms with Gasteiger partial charge in [-0.1, -0.05) is 6.92 Å². The summed E-state index contributed by atoms with van der Waals surface area (Å²) in [5.41, 5.74) is 6.96. The predicted molar refractivity (Wildman–Crippen MR) is 71.5 cm³/mol. The van der Waals surface area contributed by atoms with Crippen LogP contribution < -0.4 is 16.4 Å². The van der Waals surface area contributed by atoms with E-state index in [0.29, 0.717) is 24.3 Å². The summed E-state index contributed by atoms with van der Waals surface area (Å²) in [7, 11) is 0. The van der Waals surface area contributed by atoms with Gasteiger partial charge < -0.3 is 16.4 Å². The van der Waals surface area contributed by atoms with Crippen molar-refractivity contribution in [3.8, 4) is 0 Å². The number of aromatic nitrogens is 1. The number of pyridine rings is 1. The maximum Gasteiger partial charge on any atom is 0.251 e. The highest BCUT2D eigenvalue weighted by Gasteiger charge is 2.21. The van der Waals surface area contributed by atoms with Crippen molar-refractivity contribution in [1.82, 2.24) is 15.6 Å². The molecule has 6 nitrogen and oxygen atoms in total. The monoisotopic (exact) mass is 262 g/mol. The van der Waals surface area contributed by atoms with E-state index in [1.165, 1.54) is 0 Å². The molecule has 19 heavy (non-hydrogen) atoms. The van der Waals surface area contributed by atoms with Crippen molar-refractivity contribution in [2.75, 3.05) is 12.3 Å². The Morgan fingerprint density at radius 2 is 2.37 bits per heavy atom. The second-order valence-corrected chi connectivity index (χ2v) is 4.64. The van der Waals surface area contributed by atoms with Crippen molar-refractivity contribution in [2.24, 2.45) is 0 Å². The molecule has 1 fully saturated rings. The maximum absolute atomic E-state index is 12.0. The average molecular weight is 262 g/mol. The number of carbonyl (C=O) groups excluding carboxylic acids is 2. The number of nitrogen functional groups attached to an aromatic ring is 1. The van der Waals surface area contributed by atoms with Crippen LogP contribution in [0.25, 0.3) is 0 Å². The Labute approximate surface area is 111 Å². The number of rotatable bonds is 4. The smallest absolute Gasteiger partial charge is 0.251 e. The minimum absolute atomic E-state index is 0.0290. The van der Waals surface area contributed by atoms with Crippen molar-refractivity contribution in [3.05, 3.63) is 23.4 Å². The van der Waals surface area contributed by atoms with Gasteiger partial charge in [-0.05, 0) is 25.0 Å². The summed E-state index contributed by atoms with van der Waals surface area (Å²) in [6.07, 6.45) is 2.02. The van der Waals surface area contributed by atoms with Gasteiger partial charge in [0.05, 0.1) is 0 Å². The minimum Gasteiger partial charge on any atom is -0.384 e. The molecule has 0 radical (unpaired) electrons. The molecule has 2 heterocycles. The topological polar surface area (TPSA) is 97.1 Å². The van der Waals surface area contributed by atoms with Crippen LogP contribution in [0, 0.1) is 0 Å². The zero-order valence-corrected chi connectivity index (χ0v) is 10.9. The third-order valence-corrected chi connectivity index (χ3v) is 3.12. The number of nitrogens with one attached hydrogen (secondary N) is 2. The number of aryl methyl sites for hydroxylation is 1. The summed E-state index contributed by atoms with van der Waals surface area (Å²) in [6, 6.07) is 3.32. The van der Waals surface area contributed by atoms with E-state index in [1.54, 1.807) is 12.1 Å². The van der Waals surface area contributed by atoms with E-state index in [1.807, 2.05) is 6.92 Å². The highest BCUT2D eigenvalue weighted by molar-refractivity contribution is 5.95. The van der Waals surface area contributed by atoms with Crippen LogP contribution in [0.4, 0.5) is 5.82 Å². The Morgan fingerprint density at radius 3 is 3.00 bits per heavy atom. The van der Waals surface area contributed by atoms with Crippen molar-refractivity contribution < 1.29 is 9.59 Å². The zero-order chi connectivity index (χ0) is 13.8. The van der Waals surface area contributed by atoms with Crippen LogP contribution in [0.5, 0.6) is 0 Å². The summed E-state index contributed by atoms with van der Waals surface area (Å²) in [6.45, 7) is 2.39. The summed E-state index contributed by atoms with van der Waals surface area (Å²) < 4.78 is 0. The quantitative estimate of drug-likeness (QED) is 0.723. The summed E-state index contributed by atoms with van der Waals surface area (Å²) >= 11 is 0. The van der Waals surface area contributed by atoms with E-state index in [9.17, 15) is 9.59 Å². The number of nitrogens with two attached hydrogens (primary N) is 1. The lowest BCUT2D eigenvalue weighted by Gasteiger charge is -2.12. The Bertz CT molecular complexity index is 501. The van der Waals surface area contributed by atoms with Gasteiger partial charge in [0, 0.05) is 30.3 Å².